The minimum absolute atomic E-state index is 0.0676. The standard InChI is InChI=1S/C50H58Cl2N5O11P/c1-33(2)57(34(3)4)69(66-29-11-27-53)68-44-42(31-65-50(36-12-9-8-10-13-36,37-16-22-40(61-6)23-17-37)38-18-24-41(62-7)25-19-38)67-48(56-28-26-43(58)54-49(56)60)45(44)64-32-63-30-35-14-20-39(21-15-35)55(5)47(59)46(51)52/h8-10,12-26,28,33-34,42,44-46,48H,11,29-32H2,1-7H3,(H,54,58,60)/t42-,44-,45-,48-,69?/m1/s1. The molecule has 5 aromatic rings. The molecule has 0 aliphatic carbocycles. The van der Waals surface area contributed by atoms with Gasteiger partial charge < -0.3 is 42.4 Å². The molecule has 69 heavy (non-hydrogen) atoms. The van der Waals surface area contributed by atoms with Crippen molar-refractivity contribution in [1.82, 2.24) is 14.2 Å². The van der Waals surface area contributed by atoms with Gasteiger partial charge in [0.2, 0.25) is 0 Å². The first kappa shape index (κ1) is 53.2. The number of H-pyrrole nitrogens is 1. The molecular formula is C50H58Cl2N5O11P. The van der Waals surface area contributed by atoms with Gasteiger partial charge >= 0.3 is 5.69 Å². The summed E-state index contributed by atoms with van der Waals surface area (Å²) in [6.07, 6.45) is -2.82. The maximum absolute atomic E-state index is 13.7. The largest absolute Gasteiger partial charge is 0.497 e. The zero-order valence-corrected chi connectivity index (χ0v) is 41.9. The van der Waals surface area contributed by atoms with Crippen LogP contribution in [0.25, 0.3) is 0 Å². The van der Waals surface area contributed by atoms with Gasteiger partial charge in [-0.05, 0) is 86.3 Å². The minimum atomic E-state index is -1.93. The molecule has 368 valence electrons. The highest BCUT2D eigenvalue weighted by molar-refractivity contribution is 7.44. The van der Waals surface area contributed by atoms with Gasteiger partial charge in [0.15, 0.2) is 11.1 Å². The molecule has 4 aromatic carbocycles. The molecule has 1 saturated heterocycles. The van der Waals surface area contributed by atoms with Crippen LogP contribution in [0.1, 0.15) is 62.6 Å². The van der Waals surface area contributed by atoms with Crippen molar-refractivity contribution in [3.63, 3.8) is 0 Å². The van der Waals surface area contributed by atoms with Crippen molar-refractivity contribution in [2.75, 3.05) is 46.2 Å². The molecule has 0 bridgehead atoms. The Balaban J connectivity index is 1.43. The van der Waals surface area contributed by atoms with Crippen molar-refractivity contribution in [1.29, 1.82) is 5.26 Å². The van der Waals surface area contributed by atoms with Gasteiger partial charge in [-0.25, -0.2) is 9.46 Å². The molecule has 1 aliphatic rings. The van der Waals surface area contributed by atoms with Crippen molar-refractivity contribution in [3.8, 4) is 17.6 Å². The van der Waals surface area contributed by atoms with E-state index in [0.29, 0.717) is 17.2 Å². The molecular weight excluding hydrogens is 948 g/mol. The van der Waals surface area contributed by atoms with Crippen LogP contribution < -0.4 is 25.6 Å². The Morgan fingerprint density at radius 2 is 1.45 bits per heavy atom. The molecule has 19 heteroatoms. The normalized spacial score (nSPS) is 17.6. The first-order valence-corrected chi connectivity index (χ1v) is 24.3. The number of hydrogen-bond donors (Lipinski definition) is 1. The Morgan fingerprint density at radius 3 is 1.99 bits per heavy atom. The number of amides is 1. The number of aromatic nitrogens is 2. The van der Waals surface area contributed by atoms with E-state index in [0.717, 1.165) is 22.3 Å². The number of halogens is 2. The van der Waals surface area contributed by atoms with Crippen LogP contribution in [0, 0.1) is 11.3 Å². The molecule has 0 saturated carbocycles. The van der Waals surface area contributed by atoms with E-state index in [2.05, 4.69) is 15.7 Å². The van der Waals surface area contributed by atoms with Gasteiger partial charge in [-0.3, -0.25) is 19.1 Å². The van der Waals surface area contributed by atoms with Crippen LogP contribution in [0.4, 0.5) is 5.69 Å². The summed E-state index contributed by atoms with van der Waals surface area (Å²) in [6, 6.07) is 35.3. The van der Waals surface area contributed by atoms with Gasteiger partial charge in [-0.2, -0.15) is 5.26 Å². The Labute approximate surface area is 413 Å². The van der Waals surface area contributed by atoms with E-state index >= 15 is 0 Å². The Kier molecular flexibility index (Phi) is 19.4. The molecule has 6 rings (SSSR count). The van der Waals surface area contributed by atoms with E-state index in [1.165, 1.54) is 21.7 Å². The maximum Gasteiger partial charge on any atom is 0.330 e. The maximum atomic E-state index is 13.7. The van der Waals surface area contributed by atoms with E-state index in [9.17, 15) is 19.6 Å². The predicted octanol–water partition coefficient (Wildman–Crippen LogP) is 8.45. The lowest BCUT2D eigenvalue weighted by molar-refractivity contribution is -0.142. The summed E-state index contributed by atoms with van der Waals surface area (Å²) in [5, 5.41) is 9.54. The number of ether oxygens (including phenoxy) is 6. The summed E-state index contributed by atoms with van der Waals surface area (Å²) >= 11 is 11.6. The number of hydrogen-bond acceptors (Lipinski definition) is 13. The van der Waals surface area contributed by atoms with E-state index < -0.39 is 60.7 Å². The zero-order chi connectivity index (χ0) is 49.7. The third kappa shape index (κ3) is 13.0. The number of rotatable bonds is 24. The highest BCUT2D eigenvalue weighted by atomic mass is 35.5. The Hall–Kier alpha value is -5.15. The van der Waals surface area contributed by atoms with Crippen molar-refractivity contribution in [3.05, 3.63) is 158 Å². The summed E-state index contributed by atoms with van der Waals surface area (Å²) in [4.78, 5) is 40.9. The van der Waals surface area contributed by atoms with E-state index in [4.69, 9.17) is 60.7 Å². The highest BCUT2D eigenvalue weighted by Crippen LogP contribution is 2.51. The van der Waals surface area contributed by atoms with Gasteiger partial charge in [0.25, 0.3) is 20.0 Å². The number of nitrogens with one attached hydrogen (secondary N) is 1. The van der Waals surface area contributed by atoms with Crippen molar-refractivity contribution in [2.24, 2.45) is 0 Å². The second-order valence-corrected chi connectivity index (χ2v) is 19.0. The lowest BCUT2D eigenvalue weighted by Gasteiger charge is -2.39. The van der Waals surface area contributed by atoms with Gasteiger partial charge in [-0.15, -0.1) is 0 Å². The second kappa shape index (κ2) is 25.1. The zero-order valence-electron chi connectivity index (χ0n) is 39.5. The van der Waals surface area contributed by atoms with Crippen molar-refractivity contribution >= 4 is 43.3 Å². The van der Waals surface area contributed by atoms with Crippen LogP contribution in [0.15, 0.2) is 125 Å². The number of anilines is 1. The van der Waals surface area contributed by atoms with Crippen molar-refractivity contribution in [2.45, 2.75) is 87.8 Å². The number of carbonyl (C=O) groups is 1. The molecule has 0 spiro atoms. The molecule has 1 fully saturated rings. The lowest BCUT2D eigenvalue weighted by atomic mass is 9.80. The monoisotopic (exact) mass is 1010 g/mol. The predicted molar refractivity (Wildman–Crippen MR) is 263 cm³/mol. The molecule has 2 heterocycles. The van der Waals surface area contributed by atoms with Crippen LogP contribution in [0.5, 0.6) is 11.5 Å². The Morgan fingerprint density at radius 1 is 0.855 bits per heavy atom. The first-order chi connectivity index (χ1) is 33.2. The van der Waals surface area contributed by atoms with Crippen LogP contribution in [0.2, 0.25) is 0 Å². The fourth-order valence-corrected chi connectivity index (χ4v) is 10.1. The molecule has 1 unspecified atom stereocenters. The van der Waals surface area contributed by atoms with Gasteiger partial charge in [0, 0.05) is 37.1 Å². The van der Waals surface area contributed by atoms with Crippen molar-refractivity contribution < 1.29 is 42.3 Å². The molecule has 1 amide bonds. The molecule has 1 aromatic heterocycles. The fraction of sp³-hybridized carbons (Fsp3) is 0.400. The summed E-state index contributed by atoms with van der Waals surface area (Å²) in [5.74, 6) is 0.831. The number of alkyl halides is 2. The number of aromatic amines is 1. The number of nitrogens with zero attached hydrogens (tertiary/aromatic N) is 4. The minimum Gasteiger partial charge on any atom is -0.497 e. The topological polar surface area (TPSA) is 176 Å². The molecule has 16 nitrogen and oxygen atoms in total. The summed E-state index contributed by atoms with van der Waals surface area (Å²) in [7, 11) is 2.85. The van der Waals surface area contributed by atoms with Gasteiger partial charge in [-0.1, -0.05) is 89.9 Å². The van der Waals surface area contributed by atoms with E-state index in [1.54, 1.807) is 45.5 Å². The van der Waals surface area contributed by atoms with Gasteiger partial charge in [0.1, 0.15) is 42.2 Å². The third-order valence-electron chi connectivity index (χ3n) is 11.4. The number of carbonyl (C=O) groups excluding carboxylic acids is 1. The van der Waals surface area contributed by atoms with Crippen LogP contribution in [-0.2, 0) is 45.0 Å². The molecule has 0 radical (unpaired) electrons. The quantitative estimate of drug-likeness (QED) is 0.0205. The molecule has 1 aliphatic heterocycles. The Bertz CT molecular complexity index is 2510. The second-order valence-electron chi connectivity index (χ2n) is 16.5. The summed E-state index contributed by atoms with van der Waals surface area (Å²) < 4.78 is 54.9. The van der Waals surface area contributed by atoms with Crippen LogP contribution in [0.3, 0.4) is 0 Å². The SMILES string of the molecule is COc1ccc(C(OC[C@H]2O[C@@H](n3ccc(=O)[nH]c3=O)[C@H](OCOCc3ccc(N(C)C(=O)C(Cl)Cl)cc3)[C@@H]2OP(OCCC#N)N(C(C)C)C(C)C)(c2ccccc2)c2ccc(OC)cc2)cc1. The average molecular weight is 1010 g/mol. The third-order valence-corrected chi connectivity index (χ3v) is 13.9. The smallest absolute Gasteiger partial charge is 0.330 e. The summed E-state index contributed by atoms with van der Waals surface area (Å²) in [5.41, 5.74) is 1.07. The highest BCUT2D eigenvalue weighted by Gasteiger charge is 2.51. The number of methoxy groups -OCH3 is 2. The summed E-state index contributed by atoms with van der Waals surface area (Å²) in [6.45, 7) is 7.83. The lowest BCUT2D eigenvalue weighted by Crippen LogP contribution is -2.43. The van der Waals surface area contributed by atoms with Gasteiger partial charge in [0.05, 0.1) is 46.5 Å². The number of benzene rings is 4. The fourth-order valence-electron chi connectivity index (χ4n) is 8.05. The van der Waals surface area contributed by atoms with Crippen LogP contribution >= 0.6 is 31.7 Å². The molecule has 1 N–H and O–H groups in total. The van der Waals surface area contributed by atoms with E-state index in [1.807, 2.05) is 107 Å². The average Bonchev–Trinajstić information content (AvgIpc) is 3.68. The number of nitriles is 1. The molecule has 5 atom stereocenters. The van der Waals surface area contributed by atoms with E-state index in [-0.39, 0.29) is 45.1 Å². The van der Waals surface area contributed by atoms with Crippen LogP contribution in [-0.4, -0.2) is 96.6 Å². The first-order valence-electron chi connectivity index (χ1n) is 22.3.